The lowest BCUT2D eigenvalue weighted by Gasteiger charge is -2.37. The maximum atomic E-state index is 12.6. The molecule has 1 N–H and O–H groups in total. The zero-order valence-corrected chi connectivity index (χ0v) is 15.1. The van der Waals surface area contributed by atoms with Gasteiger partial charge in [0.05, 0.1) is 26.2 Å². The lowest BCUT2D eigenvalue weighted by molar-refractivity contribution is -0.929. The van der Waals surface area contributed by atoms with Crippen LogP contribution in [0.15, 0.2) is 60.7 Å². The van der Waals surface area contributed by atoms with Gasteiger partial charge in [-0.2, -0.15) is 0 Å². The summed E-state index contributed by atoms with van der Waals surface area (Å²) in [7, 11) is 0. The number of hydrogen-bond acceptors (Lipinski definition) is 2. The molecule has 0 unspecified atom stereocenters. The van der Waals surface area contributed by atoms with Gasteiger partial charge in [0.15, 0.2) is 0 Å². The van der Waals surface area contributed by atoms with Gasteiger partial charge in [-0.05, 0) is 12.8 Å². The van der Waals surface area contributed by atoms with E-state index in [2.05, 4.69) is 60.7 Å². The Morgan fingerprint density at radius 1 is 0.962 bits per heavy atom. The molecule has 0 saturated carbocycles. The highest BCUT2D eigenvalue weighted by molar-refractivity contribution is 5.81. The molecule has 4 rings (SSSR count). The van der Waals surface area contributed by atoms with E-state index >= 15 is 0 Å². The van der Waals surface area contributed by atoms with E-state index < -0.39 is 0 Å². The molecule has 2 aromatic rings. The lowest BCUT2D eigenvalue weighted by Crippen LogP contribution is -3.15. The number of rotatable bonds is 4. The molecule has 2 fully saturated rings. The number of benzene rings is 2. The van der Waals surface area contributed by atoms with Gasteiger partial charge in [0.25, 0.3) is 5.91 Å². The van der Waals surface area contributed by atoms with E-state index in [4.69, 9.17) is 4.74 Å². The van der Waals surface area contributed by atoms with Gasteiger partial charge in [-0.15, -0.1) is 0 Å². The first-order chi connectivity index (χ1) is 12.8. The summed E-state index contributed by atoms with van der Waals surface area (Å²) in [6.07, 6.45) is 1.68. The summed E-state index contributed by atoms with van der Waals surface area (Å²) >= 11 is 0. The third-order valence-corrected chi connectivity index (χ3v) is 5.60. The molecule has 4 heteroatoms. The summed E-state index contributed by atoms with van der Waals surface area (Å²) in [4.78, 5) is 16.1. The summed E-state index contributed by atoms with van der Waals surface area (Å²) in [5.41, 5.74) is 2.68. The third kappa shape index (κ3) is 3.67. The number of nitrogens with zero attached hydrogens (tertiary/aromatic N) is 1. The van der Waals surface area contributed by atoms with Crippen molar-refractivity contribution in [2.75, 3.05) is 32.8 Å². The fourth-order valence-electron chi connectivity index (χ4n) is 4.23. The molecule has 26 heavy (non-hydrogen) atoms. The highest BCUT2D eigenvalue weighted by Gasteiger charge is 2.34. The first kappa shape index (κ1) is 17.3. The predicted molar refractivity (Wildman–Crippen MR) is 101 cm³/mol. The van der Waals surface area contributed by atoms with Crippen LogP contribution in [0.25, 0.3) is 0 Å². The van der Waals surface area contributed by atoms with Gasteiger partial charge in [0, 0.05) is 17.7 Å². The molecule has 2 heterocycles. The van der Waals surface area contributed by atoms with Crippen LogP contribution in [0.2, 0.25) is 0 Å². The number of hydrogen-bond donors (Lipinski definition) is 1. The standard InChI is InChI=1S/C22H26N2O2/c25-22(20-12-7-17-26-20)24-15-13-23(14-16-24)21(18-8-3-1-4-9-18)19-10-5-2-6-11-19/h1-6,8-11,20-21H,7,12-17H2/p+1/t20-/m1/s1. The minimum atomic E-state index is -0.199. The van der Waals surface area contributed by atoms with Gasteiger partial charge in [0.2, 0.25) is 0 Å². The monoisotopic (exact) mass is 351 g/mol. The van der Waals surface area contributed by atoms with Crippen LogP contribution >= 0.6 is 0 Å². The average molecular weight is 351 g/mol. The van der Waals surface area contributed by atoms with E-state index in [-0.39, 0.29) is 12.0 Å². The van der Waals surface area contributed by atoms with Crippen LogP contribution in [0.3, 0.4) is 0 Å². The van der Waals surface area contributed by atoms with E-state index in [9.17, 15) is 4.79 Å². The zero-order valence-electron chi connectivity index (χ0n) is 15.1. The molecule has 2 aliphatic heterocycles. The summed E-state index contributed by atoms with van der Waals surface area (Å²) < 4.78 is 5.58. The van der Waals surface area contributed by atoms with E-state index in [0.717, 1.165) is 45.6 Å². The molecule has 1 atom stereocenters. The van der Waals surface area contributed by atoms with E-state index in [1.54, 1.807) is 0 Å². The second-order valence-electron chi connectivity index (χ2n) is 7.24. The number of piperazine rings is 1. The van der Waals surface area contributed by atoms with Gasteiger partial charge in [-0.3, -0.25) is 4.79 Å². The molecule has 0 radical (unpaired) electrons. The summed E-state index contributed by atoms with van der Waals surface area (Å²) in [5.74, 6) is 0.192. The Labute approximate surface area is 155 Å². The zero-order chi connectivity index (χ0) is 17.8. The molecule has 2 aromatic carbocycles. The van der Waals surface area contributed by atoms with Crippen LogP contribution in [0.4, 0.5) is 0 Å². The molecule has 0 aromatic heterocycles. The smallest absolute Gasteiger partial charge is 0.252 e. The average Bonchev–Trinajstić information content (AvgIpc) is 3.25. The molecule has 136 valence electrons. The van der Waals surface area contributed by atoms with Gasteiger partial charge >= 0.3 is 0 Å². The molecule has 1 amide bonds. The normalized spacial score (nSPS) is 21.3. The first-order valence-electron chi connectivity index (χ1n) is 9.68. The summed E-state index contributed by atoms with van der Waals surface area (Å²) in [5, 5.41) is 0. The Hall–Kier alpha value is -2.17. The van der Waals surface area contributed by atoms with Crippen LogP contribution < -0.4 is 4.90 Å². The first-order valence-corrected chi connectivity index (χ1v) is 9.68. The Kier molecular flexibility index (Phi) is 5.32. The Balaban J connectivity index is 1.49. The maximum Gasteiger partial charge on any atom is 0.252 e. The van der Waals surface area contributed by atoms with Crippen LogP contribution in [0.5, 0.6) is 0 Å². The number of nitrogens with one attached hydrogen (secondary N) is 1. The quantitative estimate of drug-likeness (QED) is 0.909. The van der Waals surface area contributed by atoms with Crippen LogP contribution in [-0.2, 0) is 9.53 Å². The SMILES string of the molecule is O=C([C@H]1CCCO1)N1CC[NH+](C(c2ccccc2)c2ccccc2)CC1. The highest BCUT2D eigenvalue weighted by Crippen LogP contribution is 2.20. The Bertz CT molecular complexity index is 666. The minimum Gasteiger partial charge on any atom is -0.368 e. The van der Waals surface area contributed by atoms with Gasteiger partial charge < -0.3 is 14.5 Å². The maximum absolute atomic E-state index is 12.6. The molecule has 2 saturated heterocycles. The van der Waals surface area contributed by atoms with Crippen molar-refractivity contribution in [1.29, 1.82) is 0 Å². The van der Waals surface area contributed by atoms with Crippen molar-refractivity contribution in [2.24, 2.45) is 0 Å². The van der Waals surface area contributed by atoms with Gasteiger partial charge in [0.1, 0.15) is 12.1 Å². The summed E-state index contributed by atoms with van der Waals surface area (Å²) in [6.45, 7) is 4.28. The van der Waals surface area contributed by atoms with Crippen molar-refractivity contribution in [3.05, 3.63) is 71.8 Å². The second kappa shape index (κ2) is 8.02. The van der Waals surface area contributed by atoms with Crippen molar-refractivity contribution < 1.29 is 14.4 Å². The largest absolute Gasteiger partial charge is 0.368 e. The number of quaternary nitrogens is 1. The molecular formula is C22H27N2O2+. The molecule has 4 nitrogen and oxygen atoms in total. The van der Waals surface area contributed by atoms with Crippen LogP contribution in [0, 0.1) is 0 Å². The fraction of sp³-hybridized carbons (Fsp3) is 0.409. The number of ether oxygens (including phenoxy) is 1. The lowest BCUT2D eigenvalue weighted by atomic mass is 9.96. The summed E-state index contributed by atoms with van der Waals surface area (Å²) in [6, 6.07) is 21.8. The Morgan fingerprint density at radius 2 is 1.54 bits per heavy atom. The highest BCUT2D eigenvalue weighted by atomic mass is 16.5. The van der Waals surface area contributed by atoms with Gasteiger partial charge in [-0.25, -0.2) is 0 Å². The van der Waals surface area contributed by atoms with Crippen molar-refractivity contribution in [2.45, 2.75) is 25.0 Å². The fourth-order valence-corrected chi connectivity index (χ4v) is 4.23. The second-order valence-corrected chi connectivity index (χ2v) is 7.24. The number of amides is 1. The van der Waals surface area contributed by atoms with Crippen molar-refractivity contribution in [1.82, 2.24) is 4.90 Å². The van der Waals surface area contributed by atoms with Crippen molar-refractivity contribution in [3.63, 3.8) is 0 Å². The Morgan fingerprint density at radius 3 is 2.04 bits per heavy atom. The molecule has 0 spiro atoms. The predicted octanol–water partition coefficient (Wildman–Crippen LogP) is 1.68. The molecule has 0 bridgehead atoms. The van der Waals surface area contributed by atoms with E-state index in [1.165, 1.54) is 16.0 Å². The topological polar surface area (TPSA) is 34.0 Å². The van der Waals surface area contributed by atoms with E-state index in [1.807, 2.05) is 4.90 Å². The van der Waals surface area contributed by atoms with Crippen LogP contribution in [-0.4, -0.2) is 49.7 Å². The molecule has 2 aliphatic rings. The minimum absolute atomic E-state index is 0.192. The number of carbonyl (C=O) groups is 1. The third-order valence-electron chi connectivity index (χ3n) is 5.60. The molecular weight excluding hydrogens is 324 g/mol. The van der Waals surface area contributed by atoms with Gasteiger partial charge in [-0.1, -0.05) is 60.7 Å². The number of carbonyl (C=O) groups excluding carboxylic acids is 1. The molecule has 0 aliphatic carbocycles. The van der Waals surface area contributed by atoms with Crippen molar-refractivity contribution in [3.8, 4) is 0 Å². The van der Waals surface area contributed by atoms with Crippen LogP contribution in [0.1, 0.15) is 30.0 Å². The van der Waals surface area contributed by atoms with Crippen molar-refractivity contribution >= 4 is 5.91 Å². The van der Waals surface area contributed by atoms with E-state index in [0.29, 0.717) is 6.04 Å².